The number of halogens is 5. The van der Waals surface area contributed by atoms with Crippen molar-refractivity contribution in [1.82, 2.24) is 0 Å². The highest BCUT2D eigenvalue weighted by Gasteiger charge is 2.32. The van der Waals surface area contributed by atoms with Gasteiger partial charge in [0.15, 0.2) is 23.3 Å². The third-order valence-corrected chi connectivity index (χ3v) is 4.05. The highest BCUT2D eigenvalue weighted by atomic mass is 35.5. The molecular formula is C17H10ClF4N3O2. The topological polar surface area (TPSA) is 61.8 Å². The fourth-order valence-corrected chi connectivity index (χ4v) is 2.58. The molecule has 1 N–H and O–H groups in total. The highest BCUT2D eigenvalue weighted by molar-refractivity contribution is 6.45. The number of anilines is 2. The molecule has 140 valence electrons. The average molecular weight is 400 g/mol. The monoisotopic (exact) mass is 399 g/mol. The molecule has 0 spiro atoms. The largest absolute Gasteiger partial charge is 0.320 e. The number of hydrazone groups is 1. The summed E-state index contributed by atoms with van der Waals surface area (Å²) in [5, 5.41) is 6.43. The molecule has 0 radical (unpaired) electrons. The minimum atomic E-state index is -1.79. The molecule has 10 heteroatoms. The Morgan fingerprint density at radius 2 is 1.70 bits per heavy atom. The lowest BCUT2D eigenvalue weighted by molar-refractivity contribution is -0.118. The van der Waals surface area contributed by atoms with Crippen LogP contribution >= 0.6 is 11.6 Å². The molecule has 1 aliphatic rings. The smallest absolute Gasteiger partial charge is 0.271 e. The third-order valence-electron chi connectivity index (χ3n) is 3.72. The summed E-state index contributed by atoms with van der Waals surface area (Å²) in [6, 6.07) is 6.29. The molecule has 0 bridgehead atoms. The standard InChI is InChI=1S/C17H10ClF4N3O2/c18-8-3-1-2-4-11(8)23-17(27)12-5-6-13(26)25(24-12)16-14(21)9(19)7-10(20)15(16)22/h1-4,7H,5-6H2,(H,23,27). The Hall–Kier alpha value is -2.94. The maximum atomic E-state index is 14.0. The van der Waals surface area contributed by atoms with Crippen molar-refractivity contribution in [3.8, 4) is 0 Å². The molecule has 0 fully saturated rings. The van der Waals surface area contributed by atoms with Crippen LogP contribution in [-0.2, 0) is 9.59 Å². The Morgan fingerprint density at radius 3 is 2.33 bits per heavy atom. The van der Waals surface area contributed by atoms with Crippen LogP contribution in [0.3, 0.4) is 0 Å². The van der Waals surface area contributed by atoms with Crippen molar-refractivity contribution in [2.24, 2.45) is 5.10 Å². The van der Waals surface area contributed by atoms with Gasteiger partial charge in [-0.25, -0.2) is 17.6 Å². The first-order chi connectivity index (χ1) is 12.8. The Labute approximate surface area is 155 Å². The zero-order valence-corrected chi connectivity index (χ0v) is 14.2. The van der Waals surface area contributed by atoms with E-state index in [1.807, 2.05) is 0 Å². The predicted octanol–water partition coefficient (Wildman–Crippen LogP) is 4.02. The maximum Gasteiger partial charge on any atom is 0.271 e. The molecule has 2 aromatic rings. The van der Waals surface area contributed by atoms with Gasteiger partial charge in [-0.2, -0.15) is 10.1 Å². The third kappa shape index (κ3) is 3.63. The summed E-state index contributed by atoms with van der Waals surface area (Å²) in [7, 11) is 0. The molecule has 1 heterocycles. The van der Waals surface area contributed by atoms with E-state index >= 15 is 0 Å². The summed E-state index contributed by atoms with van der Waals surface area (Å²) >= 11 is 5.93. The van der Waals surface area contributed by atoms with E-state index in [4.69, 9.17) is 11.6 Å². The van der Waals surface area contributed by atoms with Crippen LogP contribution in [0.25, 0.3) is 0 Å². The van der Waals surface area contributed by atoms with E-state index < -0.39 is 40.8 Å². The fraction of sp³-hybridized carbons (Fsp3) is 0.118. The first-order valence-electron chi connectivity index (χ1n) is 7.59. The molecule has 1 aliphatic heterocycles. The Bertz CT molecular complexity index is 955. The van der Waals surface area contributed by atoms with Gasteiger partial charge in [0.25, 0.3) is 5.91 Å². The number of amides is 2. The van der Waals surface area contributed by atoms with Crippen molar-refractivity contribution in [3.05, 3.63) is 58.6 Å². The van der Waals surface area contributed by atoms with Crippen molar-refractivity contribution in [2.45, 2.75) is 12.8 Å². The summed E-state index contributed by atoms with van der Waals surface area (Å²) in [6.45, 7) is 0. The lowest BCUT2D eigenvalue weighted by Crippen LogP contribution is -2.37. The van der Waals surface area contributed by atoms with Crippen LogP contribution < -0.4 is 10.3 Å². The Morgan fingerprint density at radius 1 is 1.07 bits per heavy atom. The number of para-hydroxylation sites is 1. The number of carbonyl (C=O) groups excluding carboxylic acids is 2. The van der Waals surface area contributed by atoms with E-state index in [1.165, 1.54) is 12.1 Å². The van der Waals surface area contributed by atoms with Crippen LogP contribution in [0.4, 0.5) is 28.9 Å². The van der Waals surface area contributed by atoms with Crippen LogP contribution in [0, 0.1) is 23.3 Å². The summed E-state index contributed by atoms with van der Waals surface area (Å²) < 4.78 is 54.8. The van der Waals surface area contributed by atoms with Crippen molar-refractivity contribution in [1.29, 1.82) is 0 Å². The van der Waals surface area contributed by atoms with Crippen molar-refractivity contribution in [3.63, 3.8) is 0 Å². The fourth-order valence-electron chi connectivity index (χ4n) is 2.39. The van der Waals surface area contributed by atoms with Crippen LogP contribution in [0.15, 0.2) is 35.4 Å². The number of hydrogen-bond donors (Lipinski definition) is 1. The van der Waals surface area contributed by atoms with Crippen LogP contribution in [0.5, 0.6) is 0 Å². The van der Waals surface area contributed by atoms with Crippen molar-refractivity contribution < 1.29 is 27.2 Å². The molecule has 2 amide bonds. The molecule has 0 unspecified atom stereocenters. The van der Waals surface area contributed by atoms with Crippen molar-refractivity contribution >= 4 is 40.5 Å². The van der Waals surface area contributed by atoms with Gasteiger partial charge in [0.2, 0.25) is 5.91 Å². The molecule has 3 rings (SSSR count). The minimum absolute atomic E-state index is 0.0112. The summed E-state index contributed by atoms with van der Waals surface area (Å²) in [5.41, 5.74) is -1.33. The summed E-state index contributed by atoms with van der Waals surface area (Å²) in [5.74, 6) is -8.68. The highest BCUT2D eigenvalue weighted by Crippen LogP contribution is 2.30. The van der Waals surface area contributed by atoms with E-state index in [-0.39, 0.29) is 40.3 Å². The first kappa shape index (κ1) is 18.8. The number of rotatable bonds is 3. The van der Waals surface area contributed by atoms with Gasteiger partial charge < -0.3 is 5.32 Å². The van der Waals surface area contributed by atoms with E-state index in [0.29, 0.717) is 0 Å². The van der Waals surface area contributed by atoms with Gasteiger partial charge in [0.1, 0.15) is 11.4 Å². The first-order valence-corrected chi connectivity index (χ1v) is 7.96. The average Bonchev–Trinajstić information content (AvgIpc) is 2.63. The molecule has 0 aromatic heterocycles. The van der Waals surface area contributed by atoms with Crippen molar-refractivity contribution in [2.75, 3.05) is 10.3 Å². The maximum absolute atomic E-state index is 14.0. The SMILES string of the molecule is O=C(Nc1ccccc1Cl)C1=NN(c2c(F)c(F)cc(F)c2F)C(=O)CC1. The van der Waals surface area contributed by atoms with Gasteiger partial charge in [0, 0.05) is 18.9 Å². The molecule has 2 aromatic carbocycles. The zero-order chi connectivity index (χ0) is 19.7. The zero-order valence-electron chi connectivity index (χ0n) is 13.4. The van der Waals surface area contributed by atoms with Crippen LogP contribution in [0.1, 0.15) is 12.8 Å². The van der Waals surface area contributed by atoms with E-state index in [2.05, 4.69) is 10.4 Å². The van der Waals surface area contributed by atoms with E-state index in [0.717, 1.165) is 0 Å². The number of benzene rings is 2. The number of nitrogens with one attached hydrogen (secondary N) is 1. The second kappa shape index (κ2) is 7.36. The molecule has 0 aliphatic carbocycles. The van der Waals surface area contributed by atoms with Gasteiger partial charge in [0.05, 0.1) is 10.7 Å². The van der Waals surface area contributed by atoms with Gasteiger partial charge in [-0.15, -0.1) is 0 Å². The summed E-state index contributed by atoms with van der Waals surface area (Å²) in [4.78, 5) is 24.3. The summed E-state index contributed by atoms with van der Waals surface area (Å²) in [6.07, 6.45) is -0.474. The van der Waals surface area contributed by atoms with Gasteiger partial charge in [-0.05, 0) is 12.1 Å². The Balaban J connectivity index is 1.97. The van der Waals surface area contributed by atoms with Gasteiger partial charge in [-0.1, -0.05) is 23.7 Å². The molecule has 0 saturated carbocycles. The molecule has 0 atom stereocenters. The van der Waals surface area contributed by atoms with Gasteiger partial charge >= 0.3 is 0 Å². The predicted molar refractivity (Wildman–Crippen MR) is 90.5 cm³/mol. The number of nitrogens with zero attached hydrogens (tertiary/aromatic N) is 2. The van der Waals surface area contributed by atoms with E-state index in [9.17, 15) is 27.2 Å². The van der Waals surface area contributed by atoms with Crippen LogP contribution in [-0.4, -0.2) is 17.5 Å². The quantitative estimate of drug-likeness (QED) is 0.626. The molecule has 27 heavy (non-hydrogen) atoms. The minimum Gasteiger partial charge on any atom is -0.320 e. The second-order valence-electron chi connectivity index (χ2n) is 5.50. The number of carbonyl (C=O) groups is 2. The molecule has 0 saturated heterocycles. The molecule has 5 nitrogen and oxygen atoms in total. The normalized spacial score (nSPS) is 14.2. The molecular weight excluding hydrogens is 390 g/mol. The van der Waals surface area contributed by atoms with E-state index in [1.54, 1.807) is 12.1 Å². The van der Waals surface area contributed by atoms with Crippen LogP contribution in [0.2, 0.25) is 5.02 Å². The second-order valence-corrected chi connectivity index (χ2v) is 5.91. The lowest BCUT2D eigenvalue weighted by atomic mass is 10.1. The Kier molecular flexibility index (Phi) is 5.13. The lowest BCUT2D eigenvalue weighted by Gasteiger charge is -2.24. The number of hydrogen-bond acceptors (Lipinski definition) is 3. The van der Waals surface area contributed by atoms with Gasteiger partial charge in [-0.3, -0.25) is 9.59 Å².